The number of likely N-dealkylation sites (N-methyl/N-ethyl adjacent to an activating group) is 1. The van der Waals surface area contributed by atoms with Crippen LogP contribution in [0.15, 0.2) is 24.3 Å². The predicted octanol–water partition coefficient (Wildman–Crippen LogP) is 2.23. The summed E-state index contributed by atoms with van der Waals surface area (Å²) in [5, 5.41) is 9.60. The molecule has 1 N–H and O–H groups in total. The highest BCUT2D eigenvalue weighted by Gasteiger charge is 2.24. The molecule has 0 saturated carbocycles. The van der Waals surface area contributed by atoms with Crippen LogP contribution in [-0.2, 0) is 4.79 Å². The molecule has 0 bridgehead atoms. The maximum atomic E-state index is 13.2. The molecule has 0 aliphatic rings. The van der Waals surface area contributed by atoms with E-state index in [1.54, 1.807) is 13.0 Å². The van der Waals surface area contributed by atoms with Crippen molar-refractivity contribution in [2.75, 3.05) is 7.05 Å². The highest BCUT2D eigenvalue weighted by atomic mass is 19.1. The van der Waals surface area contributed by atoms with Gasteiger partial charge in [0.25, 0.3) is 5.91 Å². The standard InChI is InChI=1S/C15H15FN2O3/c1-8-12(14(19)18(3)9(2)15(20)21)6-10-4-5-11(16)7-13(10)17-8/h4-7,9H,1-3H3,(H,20,21). The lowest BCUT2D eigenvalue weighted by atomic mass is 10.1. The number of aryl methyl sites for hydroxylation is 1. The maximum absolute atomic E-state index is 13.2. The lowest BCUT2D eigenvalue weighted by molar-refractivity contribution is -0.141. The smallest absolute Gasteiger partial charge is 0.326 e. The fourth-order valence-corrected chi connectivity index (χ4v) is 1.98. The van der Waals surface area contributed by atoms with Gasteiger partial charge < -0.3 is 10.0 Å². The molecule has 0 radical (unpaired) electrons. The van der Waals surface area contributed by atoms with Gasteiger partial charge >= 0.3 is 5.97 Å². The van der Waals surface area contributed by atoms with Gasteiger partial charge in [-0.2, -0.15) is 0 Å². The molecule has 1 aromatic heterocycles. The van der Waals surface area contributed by atoms with Crippen molar-refractivity contribution >= 4 is 22.8 Å². The number of benzene rings is 1. The summed E-state index contributed by atoms with van der Waals surface area (Å²) in [6.45, 7) is 3.07. The van der Waals surface area contributed by atoms with Crippen LogP contribution >= 0.6 is 0 Å². The number of aliphatic carboxylic acids is 1. The number of pyridine rings is 1. The van der Waals surface area contributed by atoms with E-state index >= 15 is 0 Å². The molecule has 21 heavy (non-hydrogen) atoms. The minimum atomic E-state index is -1.08. The summed E-state index contributed by atoms with van der Waals surface area (Å²) >= 11 is 0. The predicted molar refractivity (Wildman–Crippen MR) is 75.6 cm³/mol. The van der Waals surface area contributed by atoms with Gasteiger partial charge in [-0.1, -0.05) is 0 Å². The molecule has 5 nitrogen and oxygen atoms in total. The molecular formula is C15H15FN2O3. The van der Waals surface area contributed by atoms with Crippen LogP contribution in [0.1, 0.15) is 23.0 Å². The van der Waals surface area contributed by atoms with Crippen LogP contribution in [0, 0.1) is 12.7 Å². The summed E-state index contributed by atoms with van der Waals surface area (Å²) in [7, 11) is 1.43. The molecule has 1 atom stereocenters. The first-order valence-electron chi connectivity index (χ1n) is 6.38. The number of aromatic nitrogens is 1. The lowest BCUT2D eigenvalue weighted by Crippen LogP contribution is -2.40. The molecule has 0 aliphatic heterocycles. The monoisotopic (exact) mass is 290 g/mol. The maximum Gasteiger partial charge on any atom is 0.326 e. The van der Waals surface area contributed by atoms with Crippen LogP contribution in [0.4, 0.5) is 4.39 Å². The zero-order valence-electron chi connectivity index (χ0n) is 11.9. The summed E-state index contributed by atoms with van der Waals surface area (Å²) in [6, 6.07) is 4.77. The summed E-state index contributed by atoms with van der Waals surface area (Å²) in [5.41, 5.74) is 1.20. The quantitative estimate of drug-likeness (QED) is 0.941. The summed E-state index contributed by atoms with van der Waals surface area (Å²) < 4.78 is 13.2. The van der Waals surface area contributed by atoms with E-state index in [4.69, 9.17) is 5.11 Å². The van der Waals surface area contributed by atoms with Gasteiger partial charge in [0.15, 0.2) is 0 Å². The fourth-order valence-electron chi connectivity index (χ4n) is 1.98. The van der Waals surface area contributed by atoms with Crippen LogP contribution in [0.3, 0.4) is 0 Å². The van der Waals surface area contributed by atoms with Crippen molar-refractivity contribution in [1.82, 2.24) is 9.88 Å². The Morgan fingerprint density at radius 3 is 2.62 bits per heavy atom. The van der Waals surface area contributed by atoms with Crippen LogP contribution < -0.4 is 0 Å². The number of hydrogen-bond donors (Lipinski definition) is 1. The van der Waals surface area contributed by atoms with Gasteiger partial charge in [0.2, 0.25) is 0 Å². The number of fused-ring (bicyclic) bond motifs is 1. The first-order chi connectivity index (χ1) is 9.81. The lowest BCUT2D eigenvalue weighted by Gasteiger charge is -2.22. The Bertz CT molecular complexity index is 730. The summed E-state index contributed by atoms with van der Waals surface area (Å²) in [6.07, 6.45) is 0. The Balaban J connectivity index is 2.46. The number of carbonyl (C=O) groups excluding carboxylic acids is 1. The van der Waals surface area contributed by atoms with Crippen LogP contribution in [0.25, 0.3) is 10.9 Å². The van der Waals surface area contributed by atoms with Crippen molar-refractivity contribution in [3.63, 3.8) is 0 Å². The number of hydrogen-bond acceptors (Lipinski definition) is 3. The van der Waals surface area contributed by atoms with E-state index in [9.17, 15) is 14.0 Å². The zero-order chi connectivity index (χ0) is 15.7. The van der Waals surface area contributed by atoms with Crippen LogP contribution in [-0.4, -0.2) is 40.0 Å². The molecule has 2 aromatic rings. The molecule has 0 saturated heterocycles. The number of nitrogens with zero attached hydrogens (tertiary/aromatic N) is 2. The Morgan fingerprint density at radius 1 is 1.33 bits per heavy atom. The average molecular weight is 290 g/mol. The van der Waals surface area contributed by atoms with Crippen molar-refractivity contribution in [1.29, 1.82) is 0 Å². The first kappa shape index (κ1) is 14.9. The van der Waals surface area contributed by atoms with Crippen LogP contribution in [0.5, 0.6) is 0 Å². The first-order valence-corrected chi connectivity index (χ1v) is 6.38. The van der Waals surface area contributed by atoms with E-state index in [2.05, 4.69) is 4.98 Å². The van der Waals surface area contributed by atoms with Crippen molar-refractivity contribution in [3.8, 4) is 0 Å². The van der Waals surface area contributed by atoms with Crippen molar-refractivity contribution < 1.29 is 19.1 Å². The van der Waals surface area contributed by atoms with E-state index in [-0.39, 0.29) is 0 Å². The van der Waals surface area contributed by atoms with Gasteiger partial charge in [0.1, 0.15) is 11.9 Å². The summed E-state index contributed by atoms with van der Waals surface area (Å²) in [5.74, 6) is -1.91. The van der Waals surface area contributed by atoms with E-state index in [0.29, 0.717) is 22.2 Å². The fraction of sp³-hybridized carbons (Fsp3) is 0.267. The number of carbonyl (C=O) groups is 2. The molecule has 1 aromatic carbocycles. The molecule has 0 spiro atoms. The molecule has 0 aliphatic carbocycles. The highest BCUT2D eigenvalue weighted by molar-refractivity contribution is 6.00. The zero-order valence-corrected chi connectivity index (χ0v) is 11.9. The third kappa shape index (κ3) is 2.84. The molecule has 1 heterocycles. The number of rotatable bonds is 3. The second kappa shape index (κ2) is 5.47. The molecular weight excluding hydrogens is 275 g/mol. The molecule has 110 valence electrons. The third-order valence-corrected chi connectivity index (χ3v) is 3.46. The largest absolute Gasteiger partial charge is 0.480 e. The normalized spacial score (nSPS) is 12.2. The van der Waals surface area contributed by atoms with Crippen molar-refractivity contribution in [2.24, 2.45) is 0 Å². The minimum absolute atomic E-state index is 0.310. The van der Waals surface area contributed by atoms with Gasteiger partial charge in [-0.15, -0.1) is 0 Å². The average Bonchev–Trinajstić information content (AvgIpc) is 2.44. The topological polar surface area (TPSA) is 70.5 Å². The van der Waals surface area contributed by atoms with E-state index in [1.807, 2.05) is 0 Å². The van der Waals surface area contributed by atoms with Crippen molar-refractivity contribution in [2.45, 2.75) is 19.9 Å². The number of carboxylic acid groups (broad SMARTS) is 1. The van der Waals surface area contributed by atoms with E-state index < -0.39 is 23.7 Å². The third-order valence-electron chi connectivity index (χ3n) is 3.46. The number of amides is 1. The Morgan fingerprint density at radius 2 is 2.00 bits per heavy atom. The minimum Gasteiger partial charge on any atom is -0.480 e. The Hall–Kier alpha value is -2.50. The van der Waals surface area contributed by atoms with Crippen molar-refractivity contribution in [3.05, 3.63) is 41.3 Å². The van der Waals surface area contributed by atoms with Gasteiger partial charge in [0.05, 0.1) is 16.8 Å². The SMILES string of the molecule is Cc1nc2cc(F)ccc2cc1C(=O)N(C)C(C)C(=O)O. The van der Waals surface area contributed by atoms with Gasteiger partial charge in [-0.05, 0) is 32.0 Å². The molecule has 2 rings (SSSR count). The van der Waals surface area contributed by atoms with Crippen LogP contribution in [0.2, 0.25) is 0 Å². The van der Waals surface area contributed by atoms with Gasteiger partial charge in [0, 0.05) is 18.5 Å². The van der Waals surface area contributed by atoms with Gasteiger partial charge in [-0.3, -0.25) is 9.78 Å². The Kier molecular flexibility index (Phi) is 3.88. The Labute approximate surface area is 121 Å². The highest BCUT2D eigenvalue weighted by Crippen LogP contribution is 2.19. The molecule has 6 heteroatoms. The second-order valence-corrected chi connectivity index (χ2v) is 4.89. The van der Waals surface area contributed by atoms with Gasteiger partial charge in [-0.25, -0.2) is 9.18 Å². The number of halogens is 1. The van der Waals surface area contributed by atoms with E-state index in [1.165, 1.54) is 32.2 Å². The van der Waals surface area contributed by atoms with E-state index in [0.717, 1.165) is 4.90 Å². The summed E-state index contributed by atoms with van der Waals surface area (Å²) in [4.78, 5) is 28.7. The second-order valence-electron chi connectivity index (χ2n) is 4.89. The molecule has 0 fully saturated rings. The molecule has 1 amide bonds. The number of carboxylic acids is 1. The molecule has 1 unspecified atom stereocenters.